The number of aliphatic hydroxyl groups is 1. The van der Waals surface area contributed by atoms with Crippen LogP contribution in [0, 0.1) is 29.1 Å². The summed E-state index contributed by atoms with van der Waals surface area (Å²) in [6.07, 6.45) is 8.23. The predicted octanol–water partition coefficient (Wildman–Crippen LogP) is 6.43. The monoisotopic (exact) mass is 459 g/mol. The van der Waals surface area contributed by atoms with Crippen molar-refractivity contribution in [1.82, 2.24) is 0 Å². The van der Waals surface area contributed by atoms with E-state index < -0.39 is 5.60 Å². The highest BCUT2D eigenvalue weighted by molar-refractivity contribution is 5.93. The number of allylic oxidation sites excluding steroid dienone is 4. The van der Waals surface area contributed by atoms with Crippen LogP contribution in [-0.2, 0) is 4.79 Å². The van der Waals surface area contributed by atoms with Gasteiger partial charge < -0.3 is 10.0 Å². The van der Waals surface area contributed by atoms with E-state index in [0.29, 0.717) is 18.3 Å². The zero-order valence-electron chi connectivity index (χ0n) is 21.9. The fourth-order valence-electron chi connectivity index (χ4n) is 7.38. The molecule has 4 aliphatic carbocycles. The van der Waals surface area contributed by atoms with E-state index in [1.807, 2.05) is 26.8 Å². The van der Waals surface area contributed by atoms with Gasteiger partial charge in [0.15, 0.2) is 5.78 Å². The molecule has 4 aliphatic rings. The highest BCUT2D eigenvalue weighted by Crippen LogP contribution is 2.66. The molecule has 2 fully saturated rings. The first-order chi connectivity index (χ1) is 16.3. The maximum atomic E-state index is 12.2. The molecular weight excluding hydrogens is 418 g/mol. The molecule has 5 atom stereocenters. The van der Waals surface area contributed by atoms with Gasteiger partial charge in [-0.1, -0.05) is 44.4 Å². The van der Waals surface area contributed by atoms with Crippen LogP contribution < -0.4 is 4.90 Å². The van der Waals surface area contributed by atoms with Gasteiger partial charge in [-0.25, -0.2) is 0 Å². The second-order valence-electron chi connectivity index (χ2n) is 10.8. The fraction of sp³-hybridized carbons (Fsp3) is 0.581. The Bertz CT molecular complexity index is 1070. The first-order valence-corrected chi connectivity index (χ1v) is 13.2. The molecule has 0 heterocycles. The normalized spacial score (nSPS) is 33.9. The first-order valence-electron chi connectivity index (χ1n) is 13.2. The minimum atomic E-state index is -0.914. The maximum Gasteiger partial charge on any atom is 0.156 e. The lowest BCUT2D eigenvalue weighted by Gasteiger charge is -2.53. The number of rotatable bonds is 2. The molecule has 5 unspecified atom stereocenters. The number of carbonyl (C=O) groups is 1. The van der Waals surface area contributed by atoms with Crippen LogP contribution in [0.25, 0.3) is 0 Å². The van der Waals surface area contributed by atoms with Gasteiger partial charge in [0, 0.05) is 37.5 Å². The van der Waals surface area contributed by atoms with Crippen molar-refractivity contribution in [1.29, 1.82) is 0 Å². The Morgan fingerprint density at radius 2 is 1.76 bits per heavy atom. The second-order valence-corrected chi connectivity index (χ2v) is 10.8. The number of carbonyl (C=O) groups excluding carboxylic acids is 1. The molecule has 2 saturated carbocycles. The molecule has 0 spiro atoms. The van der Waals surface area contributed by atoms with Crippen LogP contribution in [0.1, 0.15) is 84.1 Å². The lowest BCUT2D eigenvalue weighted by atomic mass is 9.51. The third-order valence-corrected chi connectivity index (χ3v) is 9.03. The van der Waals surface area contributed by atoms with E-state index in [1.54, 1.807) is 5.57 Å². The quantitative estimate of drug-likeness (QED) is 0.518. The summed E-state index contributed by atoms with van der Waals surface area (Å²) < 4.78 is 0. The lowest BCUT2D eigenvalue weighted by molar-refractivity contribution is -0.114. The van der Waals surface area contributed by atoms with Crippen molar-refractivity contribution in [3.63, 3.8) is 0 Å². The highest BCUT2D eigenvalue weighted by atomic mass is 16.3. The minimum absolute atomic E-state index is 0.221. The highest BCUT2D eigenvalue weighted by Gasteiger charge is 2.62. The predicted molar refractivity (Wildman–Crippen MR) is 141 cm³/mol. The van der Waals surface area contributed by atoms with Gasteiger partial charge in [0.25, 0.3) is 0 Å². The third-order valence-electron chi connectivity index (χ3n) is 9.03. The van der Waals surface area contributed by atoms with E-state index in [2.05, 4.69) is 62.0 Å². The smallest absolute Gasteiger partial charge is 0.156 e. The molecule has 0 amide bonds. The van der Waals surface area contributed by atoms with Crippen molar-refractivity contribution in [3.8, 4) is 11.8 Å². The average molecular weight is 460 g/mol. The zero-order chi connectivity index (χ0) is 24.7. The number of fused-ring (bicyclic) bond motifs is 4. The first kappa shape index (κ1) is 24.8. The fourth-order valence-corrected chi connectivity index (χ4v) is 7.38. The summed E-state index contributed by atoms with van der Waals surface area (Å²) in [5.74, 6) is 7.76. The van der Waals surface area contributed by atoms with E-state index >= 15 is 0 Å². The minimum Gasteiger partial charge on any atom is -0.378 e. The van der Waals surface area contributed by atoms with E-state index in [0.717, 1.165) is 38.5 Å². The molecule has 3 nitrogen and oxygen atoms in total. The van der Waals surface area contributed by atoms with Gasteiger partial charge in [0.05, 0.1) is 0 Å². The summed E-state index contributed by atoms with van der Waals surface area (Å²) in [7, 11) is 4.14. The number of nitrogens with zero attached hydrogens (tertiary/aromatic N) is 1. The summed E-state index contributed by atoms with van der Waals surface area (Å²) >= 11 is 0. The largest absolute Gasteiger partial charge is 0.378 e. The Labute approximate surface area is 206 Å². The van der Waals surface area contributed by atoms with Gasteiger partial charge in [-0.05, 0) is 92.2 Å². The van der Waals surface area contributed by atoms with Crippen LogP contribution in [0.3, 0.4) is 0 Å². The SMILES string of the molecule is CC.CC#CC1(O)CCC2C3CCC4=CC(=O)CCC4=C3C(c3ccc(N(C)C)cc3)CC21C. The Balaban J connectivity index is 0.00000133. The van der Waals surface area contributed by atoms with E-state index in [4.69, 9.17) is 0 Å². The second kappa shape index (κ2) is 9.38. The van der Waals surface area contributed by atoms with Crippen LogP contribution in [0.2, 0.25) is 0 Å². The lowest BCUT2D eigenvalue weighted by Crippen LogP contribution is -2.51. The number of ketones is 1. The number of hydrogen-bond donors (Lipinski definition) is 1. The van der Waals surface area contributed by atoms with Crippen molar-refractivity contribution in [3.05, 3.63) is 52.6 Å². The zero-order valence-corrected chi connectivity index (χ0v) is 21.9. The summed E-state index contributed by atoms with van der Waals surface area (Å²) in [4.78, 5) is 14.3. The van der Waals surface area contributed by atoms with E-state index in [1.165, 1.54) is 22.4 Å². The molecule has 0 saturated heterocycles. The molecule has 0 aliphatic heterocycles. The van der Waals surface area contributed by atoms with Crippen LogP contribution in [0.4, 0.5) is 5.69 Å². The number of anilines is 1. The van der Waals surface area contributed by atoms with Gasteiger partial charge in [-0.3, -0.25) is 4.79 Å². The Morgan fingerprint density at radius 3 is 2.41 bits per heavy atom. The van der Waals surface area contributed by atoms with Crippen molar-refractivity contribution in [2.45, 2.75) is 84.2 Å². The van der Waals surface area contributed by atoms with Gasteiger partial charge in [0.1, 0.15) is 5.60 Å². The summed E-state index contributed by atoms with van der Waals surface area (Å²) in [6, 6.07) is 8.97. The Hall–Kier alpha value is -2.31. The van der Waals surface area contributed by atoms with E-state index in [-0.39, 0.29) is 17.1 Å². The van der Waals surface area contributed by atoms with Crippen LogP contribution in [0.5, 0.6) is 0 Å². The topological polar surface area (TPSA) is 40.5 Å². The number of benzene rings is 1. The molecule has 5 rings (SSSR count). The molecule has 1 N–H and O–H groups in total. The van der Waals surface area contributed by atoms with Crippen LogP contribution >= 0.6 is 0 Å². The standard InChI is InChI=1S/C29H35NO2.C2H6/c1-5-15-29(32)16-14-26-24-12-8-20-17-22(31)11-13-23(20)27(24)25(18-28(26,29)2)19-6-9-21(10-7-19)30(3)4;1-2/h6-7,9-10,17,24-26,32H,8,11-14,16,18H2,1-4H3;1-2H3. The number of hydrogen-bond acceptors (Lipinski definition) is 3. The van der Waals surface area contributed by atoms with Gasteiger partial charge in [-0.15, -0.1) is 5.92 Å². The van der Waals surface area contributed by atoms with E-state index in [9.17, 15) is 9.90 Å². The van der Waals surface area contributed by atoms with Gasteiger partial charge >= 0.3 is 0 Å². The van der Waals surface area contributed by atoms with Gasteiger partial charge in [0.2, 0.25) is 0 Å². The van der Waals surface area contributed by atoms with Crippen molar-refractivity contribution >= 4 is 11.5 Å². The Morgan fingerprint density at radius 1 is 1.06 bits per heavy atom. The molecular formula is C31H41NO2. The van der Waals surface area contributed by atoms with Crippen molar-refractivity contribution in [2.24, 2.45) is 17.3 Å². The molecule has 1 aromatic carbocycles. The van der Waals surface area contributed by atoms with Gasteiger partial charge in [-0.2, -0.15) is 0 Å². The maximum absolute atomic E-state index is 12.2. The third kappa shape index (κ3) is 3.85. The molecule has 3 heteroatoms. The molecule has 34 heavy (non-hydrogen) atoms. The summed E-state index contributed by atoms with van der Waals surface area (Å²) in [5, 5.41) is 11.7. The van der Waals surface area contributed by atoms with Crippen LogP contribution in [-0.4, -0.2) is 30.6 Å². The Kier molecular flexibility index (Phi) is 6.85. The molecule has 1 aromatic rings. The molecule has 0 bridgehead atoms. The molecule has 0 aromatic heterocycles. The van der Waals surface area contributed by atoms with Crippen molar-refractivity contribution in [2.75, 3.05) is 19.0 Å². The van der Waals surface area contributed by atoms with Crippen LogP contribution in [0.15, 0.2) is 47.1 Å². The summed E-state index contributed by atoms with van der Waals surface area (Å²) in [6.45, 7) is 8.15. The average Bonchev–Trinajstić information content (AvgIpc) is 3.10. The molecule has 0 radical (unpaired) electrons. The summed E-state index contributed by atoms with van der Waals surface area (Å²) in [5.41, 5.74) is 5.71. The van der Waals surface area contributed by atoms with Crippen molar-refractivity contribution < 1.29 is 9.90 Å². The molecule has 182 valence electrons.